The Bertz CT molecular complexity index is 2860. The number of hydrogen-bond donors (Lipinski definition) is 0. The van der Waals surface area contributed by atoms with E-state index in [0.29, 0.717) is 0 Å². The average Bonchev–Trinajstić information content (AvgIpc) is 3.60. The van der Waals surface area contributed by atoms with Gasteiger partial charge in [-0.2, -0.15) is 0 Å². The lowest BCUT2D eigenvalue weighted by Crippen LogP contribution is -2.10. The van der Waals surface area contributed by atoms with Crippen LogP contribution in [0.1, 0.15) is 0 Å². The van der Waals surface area contributed by atoms with Gasteiger partial charge in [0.05, 0.1) is 28.1 Å². The number of furan rings is 1. The van der Waals surface area contributed by atoms with E-state index < -0.39 is 0 Å². The zero-order chi connectivity index (χ0) is 34.4. The Morgan fingerprint density at radius 2 is 1.00 bits per heavy atom. The molecule has 0 aliphatic carbocycles. The summed E-state index contributed by atoms with van der Waals surface area (Å²) in [4.78, 5) is 12.7. The maximum Gasteiger partial charge on any atom is 0.136 e. The van der Waals surface area contributed by atoms with E-state index in [9.17, 15) is 0 Å². The SMILES string of the molecule is c1ccc(-c2nc3ccccc3nc2-c2cccc3oc4cc(-c5ccc(N(c6ccccc6)c6ccccc6)c6ccccc56)ccc4c23)cc1. The molecule has 244 valence electrons. The van der Waals surface area contributed by atoms with Crippen molar-refractivity contribution < 1.29 is 4.42 Å². The van der Waals surface area contributed by atoms with Crippen molar-refractivity contribution in [2.45, 2.75) is 0 Å². The molecule has 4 nitrogen and oxygen atoms in total. The minimum absolute atomic E-state index is 0.820. The molecule has 0 unspecified atom stereocenters. The summed E-state index contributed by atoms with van der Waals surface area (Å²) in [6, 6.07) is 65.4. The largest absolute Gasteiger partial charge is 0.456 e. The molecule has 2 aromatic heterocycles. The van der Waals surface area contributed by atoms with Crippen LogP contribution in [-0.2, 0) is 0 Å². The fraction of sp³-hybridized carbons (Fsp3) is 0. The molecular formula is C48H31N3O. The molecule has 0 amide bonds. The number of aromatic nitrogens is 2. The predicted octanol–water partition coefficient (Wildman–Crippen LogP) is 13.2. The molecule has 0 fully saturated rings. The van der Waals surface area contributed by atoms with E-state index >= 15 is 0 Å². The summed E-state index contributed by atoms with van der Waals surface area (Å²) >= 11 is 0. The first-order chi connectivity index (χ1) is 25.8. The topological polar surface area (TPSA) is 42.2 Å². The van der Waals surface area contributed by atoms with E-state index in [2.05, 4.69) is 138 Å². The number of para-hydroxylation sites is 4. The fourth-order valence-electron chi connectivity index (χ4n) is 7.49. The van der Waals surface area contributed by atoms with Crippen molar-refractivity contribution in [3.8, 4) is 33.6 Å². The molecule has 0 saturated heterocycles. The van der Waals surface area contributed by atoms with Crippen LogP contribution in [0.2, 0.25) is 0 Å². The first kappa shape index (κ1) is 29.8. The van der Waals surface area contributed by atoms with E-state index in [-0.39, 0.29) is 0 Å². The third-order valence-corrected chi connectivity index (χ3v) is 9.85. The van der Waals surface area contributed by atoms with Gasteiger partial charge >= 0.3 is 0 Å². The molecule has 10 aromatic rings. The Morgan fingerprint density at radius 1 is 0.385 bits per heavy atom. The van der Waals surface area contributed by atoms with Crippen LogP contribution >= 0.6 is 0 Å². The van der Waals surface area contributed by atoms with Crippen LogP contribution in [0.4, 0.5) is 17.1 Å². The van der Waals surface area contributed by atoms with Gasteiger partial charge < -0.3 is 9.32 Å². The van der Waals surface area contributed by atoms with E-state index in [1.54, 1.807) is 0 Å². The number of hydrogen-bond acceptors (Lipinski definition) is 4. The standard InChI is InChI=1S/C48H31N3O/c1-4-15-32(16-5-1)47-48(50-42-25-13-12-24-41(42)49-47)40-23-14-26-44-46(40)39-28-27-33(31-45(39)52-44)36-29-30-43(38-22-11-10-21-37(36)38)51(34-17-6-2-7-18-34)35-19-8-3-9-20-35/h1-31H. The lowest BCUT2D eigenvalue weighted by atomic mass is 9.95. The van der Waals surface area contributed by atoms with Gasteiger partial charge in [0.25, 0.3) is 0 Å². The molecular weight excluding hydrogens is 635 g/mol. The normalized spacial score (nSPS) is 11.5. The number of fused-ring (bicyclic) bond motifs is 5. The Balaban J connectivity index is 1.14. The zero-order valence-corrected chi connectivity index (χ0v) is 28.1. The fourth-order valence-corrected chi connectivity index (χ4v) is 7.49. The van der Waals surface area contributed by atoms with Crippen LogP contribution in [0, 0.1) is 0 Å². The summed E-state index contributed by atoms with van der Waals surface area (Å²) in [5.74, 6) is 0. The second kappa shape index (κ2) is 12.4. The molecule has 52 heavy (non-hydrogen) atoms. The molecule has 0 spiro atoms. The highest BCUT2D eigenvalue weighted by Crippen LogP contribution is 2.44. The summed E-state index contributed by atoms with van der Waals surface area (Å²) < 4.78 is 6.64. The van der Waals surface area contributed by atoms with E-state index in [1.807, 2.05) is 54.6 Å². The number of rotatable bonds is 6. The smallest absolute Gasteiger partial charge is 0.136 e. The predicted molar refractivity (Wildman–Crippen MR) is 215 cm³/mol. The quantitative estimate of drug-likeness (QED) is 0.177. The Morgan fingerprint density at radius 3 is 1.71 bits per heavy atom. The highest BCUT2D eigenvalue weighted by atomic mass is 16.3. The molecule has 0 bridgehead atoms. The highest BCUT2D eigenvalue weighted by Gasteiger charge is 2.21. The molecule has 0 aliphatic heterocycles. The van der Waals surface area contributed by atoms with Gasteiger partial charge in [-0.3, -0.25) is 0 Å². The highest BCUT2D eigenvalue weighted by molar-refractivity contribution is 6.15. The van der Waals surface area contributed by atoms with Crippen LogP contribution in [-0.4, -0.2) is 9.97 Å². The monoisotopic (exact) mass is 665 g/mol. The lowest BCUT2D eigenvalue weighted by molar-refractivity contribution is 0.669. The summed E-state index contributed by atoms with van der Waals surface area (Å²) in [6.45, 7) is 0. The molecule has 0 radical (unpaired) electrons. The van der Waals surface area contributed by atoms with E-state index in [0.717, 1.165) is 83.7 Å². The summed E-state index contributed by atoms with van der Waals surface area (Å²) in [6.07, 6.45) is 0. The third kappa shape index (κ3) is 5.00. The molecule has 10 rings (SSSR count). The van der Waals surface area contributed by atoms with E-state index in [4.69, 9.17) is 14.4 Å². The van der Waals surface area contributed by atoms with Gasteiger partial charge in [0.1, 0.15) is 11.2 Å². The third-order valence-electron chi connectivity index (χ3n) is 9.85. The van der Waals surface area contributed by atoms with Crippen molar-refractivity contribution in [1.29, 1.82) is 0 Å². The number of benzene rings is 8. The molecule has 0 atom stereocenters. The number of nitrogens with zero attached hydrogens (tertiary/aromatic N) is 3. The van der Waals surface area contributed by atoms with Crippen molar-refractivity contribution >= 4 is 60.8 Å². The Labute approximate surface area is 300 Å². The maximum absolute atomic E-state index is 6.64. The molecule has 0 N–H and O–H groups in total. The second-order valence-corrected chi connectivity index (χ2v) is 13.0. The first-order valence-electron chi connectivity index (χ1n) is 17.5. The van der Waals surface area contributed by atoms with Crippen LogP contribution in [0.3, 0.4) is 0 Å². The minimum atomic E-state index is 0.820. The first-order valence-corrected chi connectivity index (χ1v) is 17.5. The molecule has 0 saturated carbocycles. The second-order valence-electron chi connectivity index (χ2n) is 13.0. The summed E-state index contributed by atoms with van der Waals surface area (Å²) in [7, 11) is 0. The van der Waals surface area contributed by atoms with Crippen LogP contribution < -0.4 is 4.90 Å². The average molecular weight is 666 g/mol. The molecule has 2 heterocycles. The van der Waals surface area contributed by atoms with E-state index in [1.165, 1.54) is 10.8 Å². The van der Waals surface area contributed by atoms with Crippen molar-refractivity contribution in [2.24, 2.45) is 0 Å². The summed E-state index contributed by atoms with van der Waals surface area (Å²) in [5.41, 5.74) is 12.7. The molecule has 4 heteroatoms. The Hall–Kier alpha value is -7.04. The van der Waals surface area contributed by atoms with Gasteiger partial charge in [0, 0.05) is 38.7 Å². The van der Waals surface area contributed by atoms with Gasteiger partial charge in [0.2, 0.25) is 0 Å². The Kier molecular flexibility index (Phi) is 7.10. The van der Waals surface area contributed by atoms with Crippen LogP contribution in [0.15, 0.2) is 192 Å². The molecule has 0 aliphatic rings. The number of anilines is 3. The van der Waals surface area contributed by atoms with Gasteiger partial charge in [0.15, 0.2) is 0 Å². The minimum Gasteiger partial charge on any atom is -0.456 e. The van der Waals surface area contributed by atoms with Gasteiger partial charge in [-0.25, -0.2) is 9.97 Å². The van der Waals surface area contributed by atoms with Crippen molar-refractivity contribution in [3.05, 3.63) is 188 Å². The van der Waals surface area contributed by atoms with Crippen LogP contribution in [0.5, 0.6) is 0 Å². The zero-order valence-electron chi connectivity index (χ0n) is 28.1. The van der Waals surface area contributed by atoms with Gasteiger partial charge in [-0.05, 0) is 77.2 Å². The van der Waals surface area contributed by atoms with Gasteiger partial charge in [-0.15, -0.1) is 0 Å². The summed E-state index contributed by atoms with van der Waals surface area (Å²) in [5, 5.41) is 4.42. The van der Waals surface area contributed by atoms with Crippen molar-refractivity contribution in [2.75, 3.05) is 4.90 Å². The lowest BCUT2D eigenvalue weighted by Gasteiger charge is -2.27. The van der Waals surface area contributed by atoms with Crippen LogP contribution in [0.25, 0.3) is 77.4 Å². The van der Waals surface area contributed by atoms with Gasteiger partial charge in [-0.1, -0.05) is 127 Å². The van der Waals surface area contributed by atoms with Crippen molar-refractivity contribution in [1.82, 2.24) is 9.97 Å². The molecule has 8 aromatic carbocycles. The maximum atomic E-state index is 6.64. The van der Waals surface area contributed by atoms with Crippen molar-refractivity contribution in [3.63, 3.8) is 0 Å².